The summed E-state index contributed by atoms with van der Waals surface area (Å²) in [5.41, 5.74) is 3.27. The minimum absolute atomic E-state index is 0.254. The van der Waals surface area contributed by atoms with Crippen LogP contribution in [0.4, 0.5) is 0 Å². The third-order valence-corrected chi connectivity index (χ3v) is 2.80. The predicted octanol–water partition coefficient (Wildman–Crippen LogP) is 3.36. The summed E-state index contributed by atoms with van der Waals surface area (Å²) in [5.74, 6) is 3.10. The molecule has 0 saturated carbocycles. The Balaban J connectivity index is 3.69. The van der Waals surface area contributed by atoms with Crippen molar-refractivity contribution in [3.05, 3.63) is 12.2 Å². The molecule has 0 aromatic rings. The van der Waals surface area contributed by atoms with Gasteiger partial charge in [0.25, 0.3) is 0 Å². The van der Waals surface area contributed by atoms with Crippen LogP contribution in [0.3, 0.4) is 0 Å². The monoisotopic (exact) mass is 224 g/mol. The topological polar surface area (TPSA) is 20.2 Å². The Hall–Kier alpha value is -0.523. The van der Waals surface area contributed by atoms with Crippen molar-refractivity contribution >= 4 is 8.07 Å². The van der Waals surface area contributed by atoms with Gasteiger partial charge in [0.15, 0.2) is 0 Å². The highest BCUT2D eigenvalue weighted by atomic mass is 28.3. The molecule has 0 amide bonds. The van der Waals surface area contributed by atoms with Crippen LogP contribution in [0.2, 0.25) is 19.6 Å². The molecule has 0 aliphatic carbocycles. The zero-order valence-corrected chi connectivity index (χ0v) is 11.5. The van der Waals surface area contributed by atoms with E-state index in [1.165, 1.54) is 0 Å². The Morgan fingerprint density at radius 1 is 1.27 bits per heavy atom. The summed E-state index contributed by atoms with van der Waals surface area (Å²) >= 11 is 0. The van der Waals surface area contributed by atoms with E-state index in [9.17, 15) is 5.11 Å². The SMILES string of the molecule is CC/C=C\CCC(O)CC#C[Si](C)(C)C. The molecule has 0 aromatic carbocycles. The second-order valence-corrected chi connectivity index (χ2v) is 9.62. The smallest absolute Gasteiger partial charge is 0.129 e. The molecule has 0 heterocycles. The maximum atomic E-state index is 9.62. The molecule has 0 rings (SSSR count). The van der Waals surface area contributed by atoms with E-state index in [0.717, 1.165) is 19.3 Å². The summed E-state index contributed by atoms with van der Waals surface area (Å²) in [6.07, 6.45) is 7.52. The van der Waals surface area contributed by atoms with Crippen LogP contribution in [0.5, 0.6) is 0 Å². The van der Waals surface area contributed by atoms with Crippen molar-refractivity contribution in [2.24, 2.45) is 0 Å². The van der Waals surface area contributed by atoms with Crippen molar-refractivity contribution in [1.29, 1.82) is 0 Å². The number of aliphatic hydroxyl groups excluding tert-OH is 1. The van der Waals surface area contributed by atoms with Gasteiger partial charge in [0, 0.05) is 6.42 Å². The first-order valence-corrected chi connectivity index (χ1v) is 9.29. The molecule has 0 bridgehead atoms. The summed E-state index contributed by atoms with van der Waals surface area (Å²) in [5, 5.41) is 9.62. The van der Waals surface area contributed by atoms with Crippen LogP contribution in [-0.2, 0) is 0 Å². The van der Waals surface area contributed by atoms with Gasteiger partial charge in [-0.05, 0) is 19.3 Å². The highest BCUT2D eigenvalue weighted by Crippen LogP contribution is 2.03. The van der Waals surface area contributed by atoms with Gasteiger partial charge in [-0.2, -0.15) is 0 Å². The molecule has 1 atom stereocenters. The molecule has 0 radical (unpaired) electrons. The van der Waals surface area contributed by atoms with E-state index in [0.29, 0.717) is 6.42 Å². The lowest BCUT2D eigenvalue weighted by Crippen LogP contribution is -2.16. The lowest BCUT2D eigenvalue weighted by Gasteiger charge is -2.06. The minimum atomic E-state index is -1.25. The van der Waals surface area contributed by atoms with Crippen LogP contribution in [0.1, 0.15) is 32.6 Å². The van der Waals surface area contributed by atoms with Crippen molar-refractivity contribution in [2.75, 3.05) is 0 Å². The number of hydrogen-bond acceptors (Lipinski definition) is 1. The quantitative estimate of drug-likeness (QED) is 0.431. The number of aliphatic hydroxyl groups is 1. The number of allylic oxidation sites excluding steroid dienone is 2. The summed E-state index contributed by atoms with van der Waals surface area (Å²) in [6, 6.07) is 0. The van der Waals surface area contributed by atoms with Crippen LogP contribution >= 0.6 is 0 Å². The fourth-order valence-corrected chi connectivity index (χ4v) is 1.74. The lowest BCUT2D eigenvalue weighted by molar-refractivity contribution is 0.171. The van der Waals surface area contributed by atoms with Gasteiger partial charge < -0.3 is 5.11 Å². The van der Waals surface area contributed by atoms with Crippen molar-refractivity contribution in [2.45, 2.75) is 58.4 Å². The van der Waals surface area contributed by atoms with Crippen molar-refractivity contribution in [1.82, 2.24) is 0 Å². The Bertz CT molecular complexity index is 239. The molecule has 0 spiro atoms. The molecule has 1 nitrogen and oxygen atoms in total. The highest BCUT2D eigenvalue weighted by molar-refractivity contribution is 6.83. The molecule has 0 aromatic heterocycles. The Kier molecular flexibility index (Phi) is 7.46. The minimum Gasteiger partial charge on any atom is -0.392 e. The molecular formula is C13H24OSi. The molecule has 86 valence electrons. The van der Waals surface area contributed by atoms with E-state index in [1.807, 2.05) is 0 Å². The fourth-order valence-electron chi connectivity index (χ4n) is 1.11. The molecule has 1 unspecified atom stereocenters. The van der Waals surface area contributed by atoms with E-state index in [-0.39, 0.29) is 6.10 Å². The fraction of sp³-hybridized carbons (Fsp3) is 0.692. The van der Waals surface area contributed by atoms with E-state index < -0.39 is 8.07 Å². The predicted molar refractivity (Wildman–Crippen MR) is 70.4 cm³/mol. The number of hydrogen-bond donors (Lipinski definition) is 1. The first-order valence-electron chi connectivity index (χ1n) is 5.79. The summed E-state index contributed by atoms with van der Waals surface area (Å²) in [6.45, 7) is 8.77. The number of rotatable bonds is 5. The maximum absolute atomic E-state index is 9.62. The summed E-state index contributed by atoms with van der Waals surface area (Å²) < 4.78 is 0. The highest BCUT2D eigenvalue weighted by Gasteiger charge is 2.07. The lowest BCUT2D eigenvalue weighted by atomic mass is 10.1. The summed E-state index contributed by atoms with van der Waals surface area (Å²) in [7, 11) is -1.25. The Morgan fingerprint density at radius 2 is 1.93 bits per heavy atom. The van der Waals surface area contributed by atoms with Crippen LogP contribution in [0, 0.1) is 11.5 Å². The Morgan fingerprint density at radius 3 is 2.47 bits per heavy atom. The average Bonchev–Trinajstić information content (AvgIpc) is 2.10. The van der Waals surface area contributed by atoms with E-state index in [2.05, 4.69) is 50.2 Å². The van der Waals surface area contributed by atoms with Gasteiger partial charge in [0.1, 0.15) is 8.07 Å². The molecule has 0 aliphatic heterocycles. The van der Waals surface area contributed by atoms with Gasteiger partial charge in [-0.3, -0.25) is 0 Å². The molecular weight excluding hydrogens is 200 g/mol. The van der Waals surface area contributed by atoms with E-state index in [1.54, 1.807) is 0 Å². The van der Waals surface area contributed by atoms with Crippen LogP contribution in [0.25, 0.3) is 0 Å². The van der Waals surface area contributed by atoms with Gasteiger partial charge in [-0.15, -0.1) is 11.5 Å². The van der Waals surface area contributed by atoms with E-state index in [4.69, 9.17) is 0 Å². The normalized spacial score (nSPS) is 13.7. The third kappa shape index (κ3) is 11.4. The third-order valence-electron chi connectivity index (χ3n) is 1.87. The molecule has 15 heavy (non-hydrogen) atoms. The maximum Gasteiger partial charge on any atom is 0.129 e. The van der Waals surface area contributed by atoms with Crippen molar-refractivity contribution in [3.63, 3.8) is 0 Å². The van der Waals surface area contributed by atoms with Gasteiger partial charge in [-0.1, -0.05) is 38.7 Å². The Labute approximate surface area is 95.6 Å². The zero-order valence-electron chi connectivity index (χ0n) is 10.5. The first-order chi connectivity index (χ1) is 6.95. The first kappa shape index (κ1) is 14.5. The molecule has 1 N–H and O–H groups in total. The van der Waals surface area contributed by atoms with Crippen LogP contribution in [0.15, 0.2) is 12.2 Å². The second-order valence-electron chi connectivity index (χ2n) is 4.87. The van der Waals surface area contributed by atoms with Gasteiger partial charge in [0.2, 0.25) is 0 Å². The zero-order chi connectivity index (χ0) is 11.7. The molecule has 0 aliphatic rings. The molecule has 2 heteroatoms. The largest absolute Gasteiger partial charge is 0.392 e. The van der Waals surface area contributed by atoms with Gasteiger partial charge >= 0.3 is 0 Å². The van der Waals surface area contributed by atoms with Crippen LogP contribution < -0.4 is 0 Å². The van der Waals surface area contributed by atoms with Crippen molar-refractivity contribution in [3.8, 4) is 11.5 Å². The van der Waals surface area contributed by atoms with Gasteiger partial charge in [-0.25, -0.2) is 0 Å². The van der Waals surface area contributed by atoms with Gasteiger partial charge in [0.05, 0.1) is 6.10 Å². The standard InChI is InChI=1S/C13H24OSi/c1-5-6-7-8-10-13(14)11-9-12-15(2,3)4/h6-7,13-14H,5,8,10-11H2,1-4H3/b7-6-. The molecule has 0 fully saturated rings. The van der Waals surface area contributed by atoms with Crippen molar-refractivity contribution < 1.29 is 5.11 Å². The second kappa shape index (κ2) is 7.73. The average molecular weight is 224 g/mol. The van der Waals surface area contributed by atoms with E-state index >= 15 is 0 Å². The van der Waals surface area contributed by atoms with Crippen LogP contribution in [-0.4, -0.2) is 19.3 Å². The summed E-state index contributed by atoms with van der Waals surface area (Å²) in [4.78, 5) is 0. The molecule has 0 saturated heterocycles.